The minimum Gasteiger partial charge on any atom is -0.507 e. The highest BCUT2D eigenvalue weighted by molar-refractivity contribution is 9.10. The molecule has 0 aliphatic carbocycles. The van der Waals surface area contributed by atoms with Crippen molar-refractivity contribution in [2.24, 2.45) is 0 Å². The molecule has 0 aromatic heterocycles. The Morgan fingerprint density at radius 2 is 1.54 bits per heavy atom. The smallest absolute Gasteiger partial charge is 0.338 e. The maximum Gasteiger partial charge on any atom is 0.338 e. The van der Waals surface area contributed by atoms with Crippen molar-refractivity contribution in [3.05, 3.63) is 99.5 Å². The quantitative estimate of drug-likeness (QED) is 0.200. The standard InChI is InChI=1S/C27H22BrNO6/c1-3-35-27(33)18-6-12-20(13-7-18)29-23(16-4-10-19(28)11-5-16)22(25(31)26(29)32)24(30)17-8-14-21(34-2)15-9-17/h4-15,23,30H,3H2,1-2H3/b24-22+/t23-/m1/s1. The Hall–Kier alpha value is -3.91. The number of aliphatic hydroxyl groups excluding tert-OH is 1. The maximum absolute atomic E-state index is 13.2. The van der Waals surface area contributed by atoms with Gasteiger partial charge in [-0.2, -0.15) is 0 Å². The fourth-order valence-corrected chi connectivity index (χ4v) is 4.20. The number of aliphatic hydroxyl groups is 1. The molecule has 178 valence electrons. The molecule has 0 saturated carbocycles. The predicted octanol–water partition coefficient (Wildman–Crippen LogP) is 5.26. The van der Waals surface area contributed by atoms with Crippen LogP contribution in [-0.4, -0.2) is 36.5 Å². The van der Waals surface area contributed by atoms with Crippen LogP contribution >= 0.6 is 15.9 Å². The van der Waals surface area contributed by atoms with Crippen molar-refractivity contribution >= 4 is 45.0 Å². The topological polar surface area (TPSA) is 93.1 Å². The molecule has 7 nitrogen and oxygen atoms in total. The lowest BCUT2D eigenvalue weighted by atomic mass is 9.95. The molecule has 1 N–H and O–H groups in total. The number of hydrogen-bond acceptors (Lipinski definition) is 6. The van der Waals surface area contributed by atoms with Crippen molar-refractivity contribution in [1.82, 2.24) is 0 Å². The normalized spacial score (nSPS) is 16.9. The summed E-state index contributed by atoms with van der Waals surface area (Å²) in [6.45, 7) is 1.96. The molecule has 0 bridgehead atoms. The molecular formula is C27H22BrNO6. The van der Waals surface area contributed by atoms with E-state index in [4.69, 9.17) is 9.47 Å². The zero-order valence-corrected chi connectivity index (χ0v) is 20.6. The Labute approximate surface area is 210 Å². The second kappa shape index (κ2) is 10.1. The summed E-state index contributed by atoms with van der Waals surface area (Å²) in [5.41, 5.74) is 1.71. The molecule has 8 heteroatoms. The molecule has 1 saturated heterocycles. The zero-order valence-electron chi connectivity index (χ0n) is 19.0. The summed E-state index contributed by atoms with van der Waals surface area (Å²) in [5.74, 6) is -1.76. The van der Waals surface area contributed by atoms with Gasteiger partial charge in [-0.25, -0.2) is 4.79 Å². The predicted molar refractivity (Wildman–Crippen MR) is 134 cm³/mol. The second-order valence-corrected chi connectivity index (χ2v) is 8.63. The summed E-state index contributed by atoms with van der Waals surface area (Å²) >= 11 is 3.40. The Bertz CT molecular complexity index is 1300. The first-order valence-corrected chi connectivity index (χ1v) is 11.6. The van der Waals surface area contributed by atoms with Crippen LogP contribution in [0.1, 0.15) is 34.5 Å². The molecule has 35 heavy (non-hydrogen) atoms. The average molecular weight is 536 g/mol. The zero-order chi connectivity index (χ0) is 25.1. The monoisotopic (exact) mass is 535 g/mol. The number of methoxy groups -OCH3 is 1. The highest BCUT2D eigenvalue weighted by Crippen LogP contribution is 2.42. The van der Waals surface area contributed by atoms with Gasteiger partial charge in [0.05, 0.1) is 30.9 Å². The molecule has 0 unspecified atom stereocenters. The van der Waals surface area contributed by atoms with Crippen molar-refractivity contribution in [3.8, 4) is 5.75 Å². The van der Waals surface area contributed by atoms with Gasteiger partial charge in [-0.05, 0) is 73.2 Å². The number of carbonyl (C=O) groups is 3. The van der Waals surface area contributed by atoms with Gasteiger partial charge in [0.15, 0.2) is 0 Å². The van der Waals surface area contributed by atoms with Crippen molar-refractivity contribution in [2.75, 3.05) is 18.6 Å². The molecule has 1 amide bonds. The number of anilines is 1. The third-order valence-electron chi connectivity index (χ3n) is 5.65. The fraction of sp³-hybridized carbons (Fsp3) is 0.148. The molecular weight excluding hydrogens is 514 g/mol. The Kier molecular flexibility index (Phi) is 7.02. The molecule has 0 radical (unpaired) electrons. The summed E-state index contributed by atoms with van der Waals surface area (Å²) in [6, 6.07) is 19.1. The maximum atomic E-state index is 13.2. The van der Waals surface area contributed by atoms with E-state index in [1.807, 2.05) is 0 Å². The third-order valence-corrected chi connectivity index (χ3v) is 6.18. The number of Topliss-reactive ketones (excluding diaryl/α,β-unsaturated/α-hetero) is 1. The van der Waals surface area contributed by atoms with Crippen LogP contribution in [0.25, 0.3) is 5.76 Å². The first-order chi connectivity index (χ1) is 16.8. The number of ether oxygens (including phenoxy) is 2. The van der Waals surface area contributed by atoms with Crippen LogP contribution in [0.5, 0.6) is 5.75 Å². The number of nitrogens with zero attached hydrogens (tertiary/aromatic N) is 1. The number of esters is 1. The van der Waals surface area contributed by atoms with E-state index in [-0.39, 0.29) is 17.9 Å². The van der Waals surface area contributed by atoms with Crippen molar-refractivity contribution in [2.45, 2.75) is 13.0 Å². The molecule has 4 rings (SSSR count). The van der Waals surface area contributed by atoms with E-state index in [0.717, 1.165) is 4.47 Å². The van der Waals surface area contributed by atoms with E-state index in [1.54, 1.807) is 67.6 Å². The Morgan fingerprint density at radius 1 is 0.943 bits per heavy atom. The Morgan fingerprint density at radius 3 is 2.11 bits per heavy atom. The van der Waals surface area contributed by atoms with Crippen LogP contribution in [-0.2, 0) is 14.3 Å². The Balaban J connectivity index is 1.84. The van der Waals surface area contributed by atoms with Crippen LogP contribution in [0.3, 0.4) is 0 Å². The largest absolute Gasteiger partial charge is 0.507 e. The molecule has 3 aromatic carbocycles. The number of halogens is 1. The number of benzene rings is 3. The van der Waals surface area contributed by atoms with Gasteiger partial charge < -0.3 is 14.6 Å². The lowest BCUT2D eigenvalue weighted by molar-refractivity contribution is -0.132. The summed E-state index contributed by atoms with van der Waals surface area (Å²) in [4.78, 5) is 39.8. The van der Waals surface area contributed by atoms with Crippen LogP contribution in [0, 0.1) is 0 Å². The minimum atomic E-state index is -0.876. The molecule has 1 aliphatic rings. The molecule has 1 heterocycles. The van der Waals surface area contributed by atoms with Crippen molar-refractivity contribution < 1.29 is 29.0 Å². The molecule has 1 aliphatic heterocycles. The van der Waals surface area contributed by atoms with E-state index < -0.39 is 23.7 Å². The lowest BCUT2D eigenvalue weighted by Crippen LogP contribution is -2.29. The summed E-state index contributed by atoms with van der Waals surface area (Å²) in [6.07, 6.45) is 0. The van der Waals surface area contributed by atoms with E-state index in [1.165, 1.54) is 24.1 Å². The van der Waals surface area contributed by atoms with Gasteiger partial charge in [-0.15, -0.1) is 0 Å². The van der Waals surface area contributed by atoms with Crippen LogP contribution in [0.2, 0.25) is 0 Å². The number of carbonyl (C=O) groups excluding carboxylic acids is 3. The van der Waals surface area contributed by atoms with Gasteiger partial charge in [0.1, 0.15) is 11.5 Å². The van der Waals surface area contributed by atoms with E-state index in [9.17, 15) is 19.5 Å². The van der Waals surface area contributed by atoms with Gasteiger partial charge in [0, 0.05) is 15.7 Å². The minimum absolute atomic E-state index is 0.0306. The van der Waals surface area contributed by atoms with Crippen LogP contribution in [0.4, 0.5) is 5.69 Å². The van der Waals surface area contributed by atoms with Crippen molar-refractivity contribution in [1.29, 1.82) is 0 Å². The van der Waals surface area contributed by atoms with Gasteiger partial charge in [-0.3, -0.25) is 14.5 Å². The average Bonchev–Trinajstić information content (AvgIpc) is 3.14. The highest BCUT2D eigenvalue weighted by atomic mass is 79.9. The van der Waals surface area contributed by atoms with Gasteiger partial charge >= 0.3 is 5.97 Å². The number of amides is 1. The summed E-state index contributed by atoms with van der Waals surface area (Å²) < 4.78 is 11.0. The third kappa shape index (κ3) is 4.70. The van der Waals surface area contributed by atoms with E-state index >= 15 is 0 Å². The number of hydrogen-bond donors (Lipinski definition) is 1. The van der Waals surface area contributed by atoms with E-state index in [0.29, 0.717) is 28.1 Å². The summed E-state index contributed by atoms with van der Waals surface area (Å²) in [7, 11) is 1.53. The van der Waals surface area contributed by atoms with E-state index in [2.05, 4.69) is 15.9 Å². The van der Waals surface area contributed by atoms with Crippen LogP contribution in [0.15, 0.2) is 82.8 Å². The van der Waals surface area contributed by atoms with Gasteiger partial charge in [0.25, 0.3) is 11.7 Å². The lowest BCUT2D eigenvalue weighted by Gasteiger charge is -2.25. The van der Waals surface area contributed by atoms with Crippen LogP contribution < -0.4 is 9.64 Å². The second-order valence-electron chi connectivity index (χ2n) is 7.72. The molecule has 1 fully saturated rings. The first-order valence-electron chi connectivity index (χ1n) is 10.8. The molecule has 1 atom stereocenters. The molecule has 0 spiro atoms. The number of ketones is 1. The van der Waals surface area contributed by atoms with Gasteiger partial charge in [-0.1, -0.05) is 28.1 Å². The highest BCUT2D eigenvalue weighted by Gasteiger charge is 2.47. The fourth-order valence-electron chi connectivity index (χ4n) is 3.94. The summed E-state index contributed by atoms with van der Waals surface area (Å²) in [5, 5.41) is 11.2. The first kappa shape index (κ1) is 24.2. The van der Waals surface area contributed by atoms with Gasteiger partial charge in [0.2, 0.25) is 0 Å². The van der Waals surface area contributed by atoms with Crippen molar-refractivity contribution in [3.63, 3.8) is 0 Å². The number of rotatable bonds is 6. The molecule has 3 aromatic rings. The SMILES string of the molecule is CCOC(=O)c1ccc(N2C(=O)C(=O)/C(=C(/O)c3ccc(OC)cc3)[C@H]2c2ccc(Br)cc2)cc1.